The molecule has 1 saturated heterocycles. The number of carbonyl (C=O) groups excluding carboxylic acids is 4. The zero-order valence-corrected chi connectivity index (χ0v) is 15.5. The molecule has 0 aromatic heterocycles. The summed E-state index contributed by atoms with van der Waals surface area (Å²) in [7, 11) is 0. The number of nitrogens with one attached hydrogen (secondary N) is 2. The molecule has 9 heteroatoms. The third-order valence-electron chi connectivity index (χ3n) is 4.54. The minimum atomic E-state index is -1.30. The van der Waals surface area contributed by atoms with Crippen molar-refractivity contribution in [2.24, 2.45) is 0 Å². The van der Waals surface area contributed by atoms with E-state index in [-0.39, 0.29) is 12.0 Å². The Balaban J connectivity index is 1.64. The van der Waals surface area contributed by atoms with Gasteiger partial charge in [-0.3, -0.25) is 15.0 Å². The van der Waals surface area contributed by atoms with Crippen LogP contribution in [0.5, 0.6) is 0 Å². The normalized spacial score (nSPS) is 18.3. The van der Waals surface area contributed by atoms with Crippen LogP contribution < -0.4 is 10.7 Å². The van der Waals surface area contributed by atoms with E-state index in [9.17, 15) is 23.6 Å². The molecule has 4 amide bonds. The molecule has 1 aliphatic heterocycles. The van der Waals surface area contributed by atoms with Crippen molar-refractivity contribution in [2.75, 3.05) is 6.61 Å². The Morgan fingerprint density at radius 2 is 1.76 bits per heavy atom. The molecule has 2 aromatic carbocycles. The second-order valence-electron chi connectivity index (χ2n) is 6.31. The van der Waals surface area contributed by atoms with E-state index in [1.54, 1.807) is 37.3 Å². The van der Waals surface area contributed by atoms with Gasteiger partial charge < -0.3 is 10.1 Å². The molecule has 2 N–H and O–H groups in total. The summed E-state index contributed by atoms with van der Waals surface area (Å²) in [6, 6.07) is 12.5. The Kier molecular flexibility index (Phi) is 5.58. The number of urea groups is 1. The first-order chi connectivity index (χ1) is 13.9. The number of carbonyl (C=O) groups is 4. The number of amides is 4. The van der Waals surface area contributed by atoms with E-state index in [2.05, 4.69) is 10.7 Å². The van der Waals surface area contributed by atoms with E-state index >= 15 is 0 Å². The van der Waals surface area contributed by atoms with Crippen LogP contribution in [0.15, 0.2) is 54.6 Å². The molecule has 1 aliphatic rings. The second kappa shape index (κ2) is 8.09. The molecule has 0 bridgehead atoms. The van der Waals surface area contributed by atoms with Gasteiger partial charge in [0, 0.05) is 0 Å². The number of nitrogens with zero attached hydrogens (tertiary/aromatic N) is 1. The van der Waals surface area contributed by atoms with Crippen molar-refractivity contribution in [3.8, 4) is 0 Å². The van der Waals surface area contributed by atoms with Crippen molar-refractivity contribution >= 4 is 23.8 Å². The van der Waals surface area contributed by atoms with Gasteiger partial charge in [-0.05, 0) is 36.2 Å². The van der Waals surface area contributed by atoms with Gasteiger partial charge in [0.1, 0.15) is 11.4 Å². The Bertz CT molecular complexity index is 948. The van der Waals surface area contributed by atoms with Gasteiger partial charge in [0.05, 0.1) is 5.56 Å². The summed E-state index contributed by atoms with van der Waals surface area (Å²) < 4.78 is 17.7. The maximum atomic E-state index is 12.9. The molecule has 2 aromatic rings. The molecule has 0 saturated carbocycles. The number of halogens is 1. The second-order valence-corrected chi connectivity index (χ2v) is 6.31. The molecule has 0 aliphatic carbocycles. The summed E-state index contributed by atoms with van der Waals surface area (Å²) in [5.74, 6) is -2.88. The van der Waals surface area contributed by atoms with Gasteiger partial charge in [-0.25, -0.2) is 14.0 Å². The molecule has 29 heavy (non-hydrogen) atoms. The largest absolute Gasteiger partial charge is 0.452 e. The highest BCUT2D eigenvalue weighted by atomic mass is 19.1. The summed E-state index contributed by atoms with van der Waals surface area (Å²) >= 11 is 0. The van der Waals surface area contributed by atoms with Crippen molar-refractivity contribution in [1.29, 1.82) is 0 Å². The minimum Gasteiger partial charge on any atom is -0.452 e. The van der Waals surface area contributed by atoms with Gasteiger partial charge in [0.25, 0.3) is 11.8 Å². The molecule has 1 atom stereocenters. The molecule has 0 unspecified atom stereocenters. The molecular formula is C20H18FN3O5. The van der Waals surface area contributed by atoms with E-state index in [1.165, 1.54) is 12.1 Å². The van der Waals surface area contributed by atoms with E-state index in [1.807, 2.05) is 0 Å². The number of benzene rings is 2. The molecule has 1 fully saturated rings. The number of hydrogen-bond donors (Lipinski definition) is 2. The standard InChI is InChI=1S/C20H18FN3O5/c1-2-20(14-6-4-3-5-7-14)18(27)24(19(28)22-20)23-16(25)12-29-17(26)13-8-10-15(21)11-9-13/h3-11H,2,12H2,1H3,(H,22,28)(H,23,25)/t20-/m1/s1. The van der Waals surface area contributed by atoms with Crippen LogP contribution in [0.3, 0.4) is 0 Å². The lowest BCUT2D eigenvalue weighted by Gasteiger charge is -2.25. The summed E-state index contributed by atoms with van der Waals surface area (Å²) in [4.78, 5) is 49.1. The Labute approximate surface area is 165 Å². The number of esters is 1. The van der Waals surface area contributed by atoms with Gasteiger partial charge in [0.2, 0.25) is 0 Å². The maximum absolute atomic E-state index is 12.9. The first-order valence-corrected chi connectivity index (χ1v) is 8.82. The Hall–Kier alpha value is -3.75. The third-order valence-corrected chi connectivity index (χ3v) is 4.54. The monoisotopic (exact) mass is 399 g/mol. The van der Waals surface area contributed by atoms with Gasteiger partial charge in [-0.1, -0.05) is 37.3 Å². The average Bonchev–Trinajstić information content (AvgIpc) is 2.98. The van der Waals surface area contributed by atoms with Crippen molar-refractivity contribution in [3.05, 3.63) is 71.5 Å². The highest BCUT2D eigenvalue weighted by Crippen LogP contribution is 2.31. The Morgan fingerprint density at radius 1 is 1.10 bits per heavy atom. The number of ether oxygens (including phenoxy) is 1. The number of hydrogen-bond acceptors (Lipinski definition) is 5. The highest BCUT2D eigenvalue weighted by molar-refractivity contribution is 6.08. The van der Waals surface area contributed by atoms with E-state index < -0.39 is 41.8 Å². The van der Waals surface area contributed by atoms with Gasteiger partial charge >= 0.3 is 12.0 Å². The van der Waals surface area contributed by atoms with Crippen LogP contribution in [-0.2, 0) is 19.9 Å². The van der Waals surface area contributed by atoms with Gasteiger partial charge in [-0.15, -0.1) is 0 Å². The van der Waals surface area contributed by atoms with Crippen LogP contribution in [0.1, 0.15) is 29.3 Å². The van der Waals surface area contributed by atoms with Crippen molar-refractivity contribution < 1.29 is 28.3 Å². The number of imide groups is 1. The van der Waals surface area contributed by atoms with E-state index in [0.29, 0.717) is 10.6 Å². The molecule has 3 rings (SSSR count). The van der Waals surface area contributed by atoms with Crippen molar-refractivity contribution in [1.82, 2.24) is 15.8 Å². The van der Waals surface area contributed by atoms with Crippen molar-refractivity contribution in [2.45, 2.75) is 18.9 Å². The zero-order chi connectivity index (χ0) is 21.0. The molecular weight excluding hydrogens is 381 g/mol. The molecule has 0 spiro atoms. The van der Waals surface area contributed by atoms with E-state index in [0.717, 1.165) is 12.1 Å². The summed E-state index contributed by atoms with van der Waals surface area (Å²) in [5, 5.41) is 3.19. The number of rotatable bonds is 6. The van der Waals surface area contributed by atoms with Crippen LogP contribution >= 0.6 is 0 Å². The summed E-state index contributed by atoms with van der Waals surface area (Å²) in [6.07, 6.45) is 0.271. The zero-order valence-electron chi connectivity index (χ0n) is 15.5. The quantitative estimate of drug-likeness (QED) is 0.570. The van der Waals surface area contributed by atoms with Gasteiger partial charge in [-0.2, -0.15) is 5.01 Å². The van der Waals surface area contributed by atoms with Crippen LogP contribution in [0, 0.1) is 5.82 Å². The molecule has 8 nitrogen and oxygen atoms in total. The molecule has 150 valence electrons. The minimum absolute atomic E-state index is 0.0586. The molecule has 1 heterocycles. The topological polar surface area (TPSA) is 105 Å². The SMILES string of the molecule is CC[C@]1(c2ccccc2)NC(=O)N(NC(=O)COC(=O)c2ccc(F)cc2)C1=O. The van der Waals surface area contributed by atoms with Crippen molar-refractivity contribution in [3.63, 3.8) is 0 Å². The van der Waals surface area contributed by atoms with Crippen LogP contribution in [-0.4, -0.2) is 35.4 Å². The lowest BCUT2D eigenvalue weighted by atomic mass is 9.87. The summed E-state index contributed by atoms with van der Waals surface area (Å²) in [6.45, 7) is 1.01. The lowest BCUT2D eigenvalue weighted by Crippen LogP contribution is -2.49. The Morgan fingerprint density at radius 3 is 2.38 bits per heavy atom. The fraction of sp³-hybridized carbons (Fsp3) is 0.200. The number of hydrazine groups is 1. The highest BCUT2D eigenvalue weighted by Gasteiger charge is 2.52. The molecule has 0 radical (unpaired) electrons. The average molecular weight is 399 g/mol. The lowest BCUT2D eigenvalue weighted by molar-refractivity contribution is -0.140. The fourth-order valence-electron chi connectivity index (χ4n) is 3.00. The summed E-state index contributed by atoms with van der Waals surface area (Å²) in [5.41, 5.74) is 1.50. The van der Waals surface area contributed by atoms with Crippen LogP contribution in [0.25, 0.3) is 0 Å². The van der Waals surface area contributed by atoms with Crippen LogP contribution in [0.4, 0.5) is 9.18 Å². The predicted octanol–water partition coefficient (Wildman–Crippen LogP) is 1.87. The van der Waals surface area contributed by atoms with E-state index in [4.69, 9.17) is 4.74 Å². The maximum Gasteiger partial charge on any atom is 0.344 e. The van der Waals surface area contributed by atoms with Crippen LogP contribution in [0.2, 0.25) is 0 Å². The fourth-order valence-corrected chi connectivity index (χ4v) is 3.00. The third kappa shape index (κ3) is 3.93. The first-order valence-electron chi connectivity index (χ1n) is 8.82. The van der Waals surface area contributed by atoms with Gasteiger partial charge in [0.15, 0.2) is 6.61 Å². The first kappa shape index (κ1) is 20.0. The predicted molar refractivity (Wildman–Crippen MR) is 98.6 cm³/mol. The smallest absolute Gasteiger partial charge is 0.344 e.